The van der Waals surface area contributed by atoms with Gasteiger partial charge in [-0.2, -0.15) is 0 Å². The minimum absolute atomic E-state index is 0.270. The van der Waals surface area contributed by atoms with Crippen molar-refractivity contribution in [2.24, 2.45) is 10.9 Å². The molecule has 1 aromatic rings. The molecule has 5 nitrogen and oxygen atoms in total. The molecule has 1 aliphatic heterocycles. The van der Waals surface area contributed by atoms with Gasteiger partial charge >= 0.3 is 6.09 Å². The van der Waals surface area contributed by atoms with E-state index in [2.05, 4.69) is 10.3 Å². The summed E-state index contributed by atoms with van der Waals surface area (Å²) >= 11 is 1.39. The molecule has 1 amide bonds. The number of halogens is 1. The van der Waals surface area contributed by atoms with Gasteiger partial charge in [0.2, 0.25) is 0 Å². The zero-order valence-electron chi connectivity index (χ0n) is 11.2. The highest BCUT2D eigenvalue weighted by molar-refractivity contribution is 8.13. The summed E-state index contributed by atoms with van der Waals surface area (Å²) < 4.78 is 13.3. The van der Waals surface area contributed by atoms with E-state index in [0.717, 1.165) is 30.6 Å². The number of hydrogen-bond donors (Lipinski definition) is 3. The van der Waals surface area contributed by atoms with Crippen molar-refractivity contribution in [3.63, 3.8) is 0 Å². The second-order valence-corrected chi connectivity index (χ2v) is 6.35. The standard InChI is InChI=1S/C14H15FN2O3S/c15-10-4-3-8(6-11(10)18)14-5-1-2-9(14)7-21-12(17-14)16-13(19)20/h3-4,6,9,18H,1-2,5,7H2,(H,16,17)(H,19,20)/t9-,14+/m0/s1. The van der Waals surface area contributed by atoms with Crippen LogP contribution in [0.4, 0.5) is 9.18 Å². The topological polar surface area (TPSA) is 81.9 Å². The summed E-state index contributed by atoms with van der Waals surface area (Å²) in [6.07, 6.45) is 1.60. The number of nitrogens with zero attached hydrogens (tertiary/aromatic N) is 1. The van der Waals surface area contributed by atoms with E-state index >= 15 is 0 Å². The Morgan fingerprint density at radius 3 is 3.05 bits per heavy atom. The van der Waals surface area contributed by atoms with Crippen LogP contribution in [0.25, 0.3) is 0 Å². The van der Waals surface area contributed by atoms with Crippen LogP contribution in [0.15, 0.2) is 23.2 Å². The predicted molar refractivity (Wildman–Crippen MR) is 78.1 cm³/mol. The SMILES string of the molecule is O=C(O)NC1=N[C@@]2(c3ccc(F)c(O)c3)CCC[C@H]2CS1. The minimum atomic E-state index is -1.14. The highest BCUT2D eigenvalue weighted by Crippen LogP contribution is 2.51. The molecule has 1 aromatic carbocycles. The first-order valence-corrected chi connectivity index (χ1v) is 7.71. The lowest BCUT2D eigenvalue weighted by atomic mass is 9.81. The van der Waals surface area contributed by atoms with Gasteiger partial charge in [0, 0.05) is 5.75 Å². The van der Waals surface area contributed by atoms with Gasteiger partial charge in [-0.15, -0.1) is 0 Å². The van der Waals surface area contributed by atoms with Crippen molar-refractivity contribution in [2.45, 2.75) is 24.8 Å². The maximum Gasteiger partial charge on any atom is 0.410 e. The number of thioether (sulfide) groups is 1. The molecule has 3 rings (SSSR count). The second-order valence-electron chi connectivity index (χ2n) is 5.34. The number of carboxylic acid groups (broad SMARTS) is 1. The smallest absolute Gasteiger partial charge is 0.410 e. The van der Waals surface area contributed by atoms with Gasteiger partial charge in [-0.3, -0.25) is 10.3 Å². The van der Waals surface area contributed by atoms with Gasteiger partial charge in [0.1, 0.15) is 0 Å². The Hall–Kier alpha value is -1.76. The number of carbonyl (C=O) groups is 1. The first-order valence-electron chi connectivity index (χ1n) is 6.73. The van der Waals surface area contributed by atoms with E-state index in [4.69, 9.17) is 5.11 Å². The number of fused-ring (bicyclic) bond motifs is 1. The monoisotopic (exact) mass is 310 g/mol. The lowest BCUT2D eigenvalue weighted by molar-refractivity contribution is 0.200. The fraction of sp³-hybridized carbons (Fsp3) is 0.429. The molecule has 0 bridgehead atoms. The zero-order valence-corrected chi connectivity index (χ0v) is 12.0. The molecule has 21 heavy (non-hydrogen) atoms. The number of benzene rings is 1. The van der Waals surface area contributed by atoms with Gasteiger partial charge in [0.05, 0.1) is 5.54 Å². The van der Waals surface area contributed by atoms with Crippen molar-refractivity contribution in [2.75, 3.05) is 5.75 Å². The van der Waals surface area contributed by atoms with Crippen molar-refractivity contribution in [3.05, 3.63) is 29.6 Å². The Morgan fingerprint density at radius 1 is 1.52 bits per heavy atom. The third-order valence-corrected chi connectivity index (χ3v) is 5.20. The number of hydrogen-bond acceptors (Lipinski definition) is 4. The van der Waals surface area contributed by atoms with Crippen LogP contribution in [0.3, 0.4) is 0 Å². The lowest BCUT2D eigenvalue weighted by Crippen LogP contribution is -2.39. The van der Waals surface area contributed by atoms with E-state index in [0.29, 0.717) is 5.17 Å². The molecule has 112 valence electrons. The van der Waals surface area contributed by atoms with Gasteiger partial charge in [-0.05, 0) is 36.5 Å². The average Bonchev–Trinajstić information content (AvgIpc) is 2.85. The van der Waals surface area contributed by atoms with Crippen LogP contribution in [0.5, 0.6) is 5.75 Å². The summed E-state index contributed by atoms with van der Waals surface area (Å²) in [4.78, 5) is 15.4. The van der Waals surface area contributed by atoms with Crippen LogP contribution in [-0.2, 0) is 5.54 Å². The highest BCUT2D eigenvalue weighted by atomic mass is 32.2. The van der Waals surface area contributed by atoms with Gasteiger partial charge in [-0.1, -0.05) is 24.2 Å². The molecular weight excluding hydrogens is 295 g/mol. The van der Waals surface area contributed by atoms with E-state index in [1.165, 1.54) is 23.9 Å². The summed E-state index contributed by atoms with van der Waals surface area (Å²) in [6, 6.07) is 4.27. The van der Waals surface area contributed by atoms with Crippen LogP contribution in [0.1, 0.15) is 24.8 Å². The molecule has 1 fully saturated rings. The Balaban J connectivity index is 2.05. The fourth-order valence-electron chi connectivity index (χ4n) is 3.20. The Morgan fingerprint density at radius 2 is 2.33 bits per heavy atom. The lowest BCUT2D eigenvalue weighted by Gasteiger charge is -2.36. The highest BCUT2D eigenvalue weighted by Gasteiger charge is 2.47. The summed E-state index contributed by atoms with van der Waals surface area (Å²) in [5, 5.41) is 21.1. The van der Waals surface area contributed by atoms with Gasteiger partial charge in [-0.25, -0.2) is 9.18 Å². The number of aromatic hydroxyl groups is 1. The average molecular weight is 310 g/mol. The molecular formula is C14H15FN2O3S. The number of phenolic OH excluding ortho intramolecular Hbond substituents is 1. The number of amides is 1. The molecule has 0 spiro atoms. The van der Waals surface area contributed by atoms with Gasteiger partial charge in [0.15, 0.2) is 16.7 Å². The van der Waals surface area contributed by atoms with Crippen LogP contribution in [0.2, 0.25) is 0 Å². The zero-order chi connectivity index (χ0) is 15.0. The van der Waals surface area contributed by atoms with E-state index in [9.17, 15) is 14.3 Å². The van der Waals surface area contributed by atoms with Crippen molar-refractivity contribution in [1.29, 1.82) is 0 Å². The number of rotatable bonds is 1. The maximum absolute atomic E-state index is 13.3. The van der Waals surface area contributed by atoms with E-state index in [1.807, 2.05) is 0 Å². The molecule has 0 unspecified atom stereocenters. The molecule has 0 saturated heterocycles. The predicted octanol–water partition coefficient (Wildman–Crippen LogP) is 2.90. The molecule has 7 heteroatoms. The number of nitrogens with one attached hydrogen (secondary N) is 1. The van der Waals surface area contributed by atoms with E-state index in [-0.39, 0.29) is 5.92 Å². The molecule has 1 aliphatic carbocycles. The third kappa shape index (κ3) is 2.46. The Bertz CT molecular complexity index is 622. The van der Waals surface area contributed by atoms with Crippen LogP contribution in [-0.4, -0.2) is 27.2 Å². The van der Waals surface area contributed by atoms with Crippen molar-refractivity contribution in [3.8, 4) is 5.75 Å². The molecule has 2 aliphatic rings. The number of aliphatic imine (C=N–C) groups is 1. The van der Waals surface area contributed by atoms with Crippen LogP contribution < -0.4 is 5.32 Å². The Labute approximate surface area is 125 Å². The van der Waals surface area contributed by atoms with E-state index < -0.39 is 23.2 Å². The minimum Gasteiger partial charge on any atom is -0.505 e. The Kier molecular flexibility index (Phi) is 3.52. The van der Waals surface area contributed by atoms with Crippen molar-refractivity contribution < 1.29 is 19.4 Å². The van der Waals surface area contributed by atoms with Crippen molar-refractivity contribution in [1.82, 2.24) is 5.32 Å². The summed E-state index contributed by atoms with van der Waals surface area (Å²) in [5.41, 5.74) is 0.183. The molecule has 1 heterocycles. The molecule has 2 atom stereocenters. The van der Waals surface area contributed by atoms with Gasteiger partial charge in [0.25, 0.3) is 0 Å². The molecule has 0 aromatic heterocycles. The fourth-order valence-corrected chi connectivity index (χ4v) is 4.39. The summed E-state index contributed by atoms with van der Waals surface area (Å²) in [5.74, 6) is -0.0276. The maximum atomic E-state index is 13.3. The second kappa shape index (κ2) is 5.22. The van der Waals surface area contributed by atoms with Crippen LogP contribution >= 0.6 is 11.8 Å². The number of amidine groups is 1. The number of phenols is 1. The first kappa shape index (κ1) is 14.2. The summed E-state index contributed by atoms with van der Waals surface area (Å²) in [6.45, 7) is 0. The quantitative estimate of drug-likeness (QED) is 0.745. The summed E-state index contributed by atoms with van der Waals surface area (Å²) in [7, 11) is 0. The molecule has 0 radical (unpaired) electrons. The van der Waals surface area contributed by atoms with E-state index in [1.54, 1.807) is 6.07 Å². The first-order chi connectivity index (χ1) is 10.0. The molecule has 1 saturated carbocycles. The third-order valence-electron chi connectivity index (χ3n) is 4.17. The van der Waals surface area contributed by atoms with Gasteiger partial charge < -0.3 is 10.2 Å². The van der Waals surface area contributed by atoms with Crippen LogP contribution in [0, 0.1) is 11.7 Å². The molecule has 3 N–H and O–H groups in total. The normalized spacial score (nSPS) is 27.9. The van der Waals surface area contributed by atoms with Crippen molar-refractivity contribution >= 4 is 23.0 Å². The largest absolute Gasteiger partial charge is 0.505 e.